The second kappa shape index (κ2) is 12.4. The summed E-state index contributed by atoms with van der Waals surface area (Å²) in [5, 5.41) is 9.87. The van der Waals surface area contributed by atoms with Gasteiger partial charge in [-0.2, -0.15) is 0 Å². The Balaban J connectivity index is 0.000000421. The topological polar surface area (TPSA) is 49.3 Å². The van der Waals surface area contributed by atoms with Crippen molar-refractivity contribution in [2.45, 2.75) is 6.54 Å². The van der Waals surface area contributed by atoms with Crippen LogP contribution >= 0.6 is 0 Å². The molecule has 0 aliphatic carbocycles. The molecule has 130 valence electrons. The van der Waals surface area contributed by atoms with Crippen LogP contribution < -0.4 is 5.32 Å². The summed E-state index contributed by atoms with van der Waals surface area (Å²) in [4.78, 5) is 10.1. The molecule has 5 heteroatoms. The van der Waals surface area contributed by atoms with Gasteiger partial charge in [-0.15, -0.1) is 12.8 Å². The van der Waals surface area contributed by atoms with Gasteiger partial charge in [0.1, 0.15) is 11.6 Å². The molecule has 25 heavy (non-hydrogen) atoms. The summed E-state index contributed by atoms with van der Waals surface area (Å²) >= 11 is 0. The van der Waals surface area contributed by atoms with Gasteiger partial charge in [0, 0.05) is 30.3 Å². The molecule has 0 amide bonds. The molecule has 0 atom stereocenters. The van der Waals surface area contributed by atoms with Crippen molar-refractivity contribution in [1.82, 2.24) is 5.32 Å². The Labute approximate surface area is 146 Å². The molecule has 0 bridgehead atoms. The second-order valence-electron chi connectivity index (χ2n) is 4.48. The fraction of sp³-hybridized carbons (Fsp3) is 0.150. The van der Waals surface area contributed by atoms with Crippen molar-refractivity contribution in [3.63, 3.8) is 0 Å². The average Bonchev–Trinajstić information content (AvgIpc) is 2.65. The smallest absolute Gasteiger partial charge is 0.152 e. The number of hydrogen-bond donors (Lipinski definition) is 2. The molecule has 0 aliphatic rings. The summed E-state index contributed by atoms with van der Waals surface area (Å²) in [7, 11) is 2.77. The molecule has 0 fully saturated rings. The van der Waals surface area contributed by atoms with E-state index in [4.69, 9.17) is 18.0 Å². The molecule has 3 nitrogen and oxygen atoms in total. The summed E-state index contributed by atoms with van der Waals surface area (Å²) < 4.78 is 25.8. The Bertz CT molecular complexity index is 774. The Morgan fingerprint density at radius 2 is 1.56 bits per heavy atom. The molecule has 0 heterocycles. The molecule has 0 spiro atoms. The quantitative estimate of drug-likeness (QED) is 0.666. The number of nitrogens with one attached hydrogen (secondary N) is 1. The highest BCUT2D eigenvalue weighted by atomic mass is 19.1. The fourth-order valence-corrected chi connectivity index (χ4v) is 1.68. The normalized spacial score (nSPS) is 8.60. The zero-order valence-corrected chi connectivity index (χ0v) is 14.0. The summed E-state index contributed by atoms with van der Waals surface area (Å²) in [5.41, 5.74) is 1.68. The Kier molecular flexibility index (Phi) is 10.9. The minimum atomic E-state index is -0.574. The van der Waals surface area contributed by atoms with Crippen LogP contribution in [0.15, 0.2) is 36.4 Å². The van der Waals surface area contributed by atoms with Gasteiger partial charge in [-0.05, 0) is 37.4 Å². The maximum Gasteiger partial charge on any atom is 0.152 e. The van der Waals surface area contributed by atoms with Gasteiger partial charge in [-0.1, -0.05) is 17.9 Å². The molecule has 2 aromatic carbocycles. The van der Waals surface area contributed by atoms with Crippen molar-refractivity contribution in [3.05, 3.63) is 70.3 Å². The number of aldehydes is 1. The predicted octanol–water partition coefficient (Wildman–Crippen LogP) is 2.75. The maximum atomic E-state index is 13.1. The average molecular weight is 343 g/mol. The highest BCUT2D eigenvalue weighted by molar-refractivity contribution is 5.75. The van der Waals surface area contributed by atoms with Crippen molar-refractivity contribution < 1.29 is 18.7 Å². The molecule has 0 aromatic heterocycles. The molecule has 0 unspecified atom stereocenters. The van der Waals surface area contributed by atoms with E-state index in [1.54, 1.807) is 19.2 Å². The minimum Gasteiger partial charge on any atom is -0.400 e. The van der Waals surface area contributed by atoms with Gasteiger partial charge < -0.3 is 10.4 Å². The van der Waals surface area contributed by atoms with Gasteiger partial charge in [-0.3, -0.25) is 4.79 Å². The number of hydrogen-bond acceptors (Lipinski definition) is 3. The lowest BCUT2D eigenvalue weighted by Crippen LogP contribution is -2.06. The van der Waals surface area contributed by atoms with E-state index in [2.05, 4.69) is 17.2 Å². The number of terminal acetylenes is 2. The lowest BCUT2D eigenvalue weighted by atomic mass is 10.1. The Morgan fingerprint density at radius 3 is 1.96 bits per heavy atom. The molecular weight excluding hydrogens is 324 g/mol. The minimum absolute atomic E-state index is 0.0315. The number of carbonyl (C=O) groups is 1. The molecular formula is C20H19F2NO2. The van der Waals surface area contributed by atoms with Crippen LogP contribution in [0.2, 0.25) is 0 Å². The number of benzene rings is 2. The van der Waals surface area contributed by atoms with E-state index in [0.29, 0.717) is 29.5 Å². The lowest BCUT2D eigenvalue weighted by Gasteiger charge is -2.01. The van der Waals surface area contributed by atoms with E-state index >= 15 is 0 Å². The first-order valence-corrected chi connectivity index (χ1v) is 7.11. The van der Waals surface area contributed by atoms with Gasteiger partial charge in [0.25, 0.3) is 0 Å². The third-order valence-corrected chi connectivity index (χ3v) is 2.88. The number of halogens is 2. The summed E-state index contributed by atoms with van der Waals surface area (Å²) in [5.74, 6) is 3.82. The van der Waals surface area contributed by atoms with Gasteiger partial charge in [0.05, 0.1) is 5.56 Å². The van der Waals surface area contributed by atoms with Gasteiger partial charge >= 0.3 is 0 Å². The van der Waals surface area contributed by atoms with E-state index in [1.165, 1.54) is 18.2 Å². The number of aliphatic hydroxyl groups is 1. The van der Waals surface area contributed by atoms with Crippen LogP contribution in [-0.4, -0.2) is 25.6 Å². The standard InChI is InChI=1S/C10H10FN.C9H5FO.CH4O/c1-3-8-4-5-9(7-12-2)10(11)6-8;1-2-7-3-4-8(6-11)9(10)5-7;1-2/h1,4-6,12H,7H2,2H3;1,3-6H;2H,1H3. The first-order chi connectivity index (χ1) is 12.0. The van der Waals surface area contributed by atoms with E-state index in [0.717, 1.165) is 13.2 Å². The van der Waals surface area contributed by atoms with Crippen LogP contribution in [0.4, 0.5) is 8.78 Å². The second-order valence-corrected chi connectivity index (χ2v) is 4.48. The van der Waals surface area contributed by atoms with E-state index in [1.807, 2.05) is 0 Å². The highest BCUT2D eigenvalue weighted by Gasteiger charge is 2.00. The van der Waals surface area contributed by atoms with E-state index in [-0.39, 0.29) is 11.4 Å². The summed E-state index contributed by atoms with van der Waals surface area (Å²) in [6, 6.07) is 8.83. The third kappa shape index (κ3) is 7.41. The van der Waals surface area contributed by atoms with E-state index < -0.39 is 5.82 Å². The summed E-state index contributed by atoms with van der Waals surface area (Å²) in [6.07, 6.45) is 10.6. The van der Waals surface area contributed by atoms with Crippen LogP contribution in [-0.2, 0) is 6.54 Å². The fourth-order valence-electron chi connectivity index (χ4n) is 1.68. The first-order valence-electron chi connectivity index (χ1n) is 7.11. The zero-order valence-electron chi connectivity index (χ0n) is 14.0. The van der Waals surface area contributed by atoms with Gasteiger partial charge in [0.2, 0.25) is 0 Å². The van der Waals surface area contributed by atoms with Crippen LogP contribution in [0.1, 0.15) is 27.0 Å². The van der Waals surface area contributed by atoms with Crippen LogP contribution in [0.25, 0.3) is 0 Å². The van der Waals surface area contributed by atoms with Crippen LogP contribution in [0, 0.1) is 36.3 Å². The van der Waals surface area contributed by atoms with E-state index in [9.17, 15) is 13.6 Å². The maximum absolute atomic E-state index is 13.1. The molecule has 0 saturated carbocycles. The third-order valence-electron chi connectivity index (χ3n) is 2.88. The number of aliphatic hydroxyl groups excluding tert-OH is 1. The molecule has 0 radical (unpaired) electrons. The molecule has 2 N–H and O–H groups in total. The SMILES string of the molecule is C#Cc1ccc(C=O)c(F)c1.C#Cc1ccc(CNC)c(F)c1.CO. The molecule has 2 aromatic rings. The first kappa shape index (κ1) is 22.0. The monoisotopic (exact) mass is 343 g/mol. The Hall–Kier alpha value is -2.99. The predicted molar refractivity (Wildman–Crippen MR) is 95.0 cm³/mol. The van der Waals surface area contributed by atoms with Crippen molar-refractivity contribution in [3.8, 4) is 24.7 Å². The molecule has 2 rings (SSSR count). The highest BCUT2D eigenvalue weighted by Crippen LogP contribution is 2.09. The van der Waals surface area contributed by atoms with Crippen molar-refractivity contribution in [1.29, 1.82) is 0 Å². The zero-order chi connectivity index (χ0) is 19.2. The van der Waals surface area contributed by atoms with Crippen LogP contribution in [0.5, 0.6) is 0 Å². The number of carbonyl (C=O) groups excluding carboxylic acids is 1. The van der Waals surface area contributed by atoms with Crippen molar-refractivity contribution in [2.24, 2.45) is 0 Å². The Morgan fingerprint density at radius 1 is 1.04 bits per heavy atom. The van der Waals surface area contributed by atoms with Crippen molar-refractivity contribution in [2.75, 3.05) is 14.2 Å². The molecule has 0 aliphatic heterocycles. The van der Waals surface area contributed by atoms with Crippen molar-refractivity contribution >= 4 is 6.29 Å². The lowest BCUT2D eigenvalue weighted by molar-refractivity contribution is 0.112. The molecule has 0 saturated heterocycles. The van der Waals surface area contributed by atoms with Gasteiger partial charge in [-0.25, -0.2) is 8.78 Å². The van der Waals surface area contributed by atoms with Crippen LogP contribution in [0.3, 0.4) is 0 Å². The van der Waals surface area contributed by atoms with Gasteiger partial charge in [0.15, 0.2) is 6.29 Å². The number of rotatable bonds is 3. The summed E-state index contributed by atoms with van der Waals surface area (Å²) in [6.45, 7) is 0.524. The largest absolute Gasteiger partial charge is 0.400 e.